The zero-order chi connectivity index (χ0) is 13.7. The van der Waals surface area contributed by atoms with Gasteiger partial charge in [0.25, 0.3) is 5.69 Å². The van der Waals surface area contributed by atoms with Gasteiger partial charge in [-0.3, -0.25) is 14.9 Å². The third-order valence-corrected chi connectivity index (χ3v) is 2.25. The van der Waals surface area contributed by atoms with Gasteiger partial charge in [-0.1, -0.05) is 0 Å². The molecule has 0 N–H and O–H groups in total. The number of methoxy groups -OCH3 is 2. The quantitative estimate of drug-likeness (QED) is 0.334. The lowest BCUT2D eigenvalue weighted by atomic mass is 10.1. The van der Waals surface area contributed by atoms with Gasteiger partial charge in [-0.15, -0.1) is 0 Å². The summed E-state index contributed by atoms with van der Waals surface area (Å²) in [7, 11) is 2.45. The molecule has 0 bridgehead atoms. The van der Waals surface area contributed by atoms with Crippen LogP contribution < -0.4 is 4.74 Å². The molecule has 0 saturated heterocycles. The van der Waals surface area contributed by atoms with Crippen LogP contribution in [0.3, 0.4) is 0 Å². The van der Waals surface area contributed by atoms with Gasteiger partial charge < -0.3 is 9.47 Å². The topological polar surface area (TPSA) is 95.7 Å². The maximum atomic E-state index is 11.3. The van der Waals surface area contributed by atoms with Crippen LogP contribution in [0.2, 0.25) is 0 Å². The van der Waals surface area contributed by atoms with Crippen molar-refractivity contribution in [3.05, 3.63) is 33.9 Å². The van der Waals surface area contributed by atoms with E-state index in [-0.39, 0.29) is 17.7 Å². The molecule has 1 aromatic carbocycles. The minimum atomic E-state index is -1.03. The zero-order valence-electron chi connectivity index (χ0n) is 9.84. The lowest BCUT2D eigenvalue weighted by Gasteiger charge is -2.04. The standard InChI is InChI=1S/C11H11NO6/c1-17-8-4-3-7(9(6-8)12(15)16)5-10(13)11(14)18-2/h3-4,6H,5H2,1-2H3. The summed E-state index contributed by atoms with van der Waals surface area (Å²) in [5.41, 5.74) is -0.136. The average Bonchev–Trinajstić information content (AvgIpc) is 2.37. The minimum Gasteiger partial charge on any atom is -0.497 e. The van der Waals surface area contributed by atoms with Gasteiger partial charge in [0.05, 0.1) is 25.2 Å². The molecule has 0 atom stereocenters. The normalized spacial score (nSPS) is 9.67. The Morgan fingerprint density at radius 1 is 1.33 bits per heavy atom. The van der Waals surface area contributed by atoms with Gasteiger partial charge in [-0.2, -0.15) is 0 Å². The van der Waals surface area contributed by atoms with Gasteiger partial charge in [0.2, 0.25) is 5.78 Å². The second-order valence-corrected chi connectivity index (χ2v) is 3.34. The van der Waals surface area contributed by atoms with E-state index in [4.69, 9.17) is 4.74 Å². The highest BCUT2D eigenvalue weighted by Gasteiger charge is 2.21. The molecule has 1 aromatic rings. The molecule has 0 radical (unpaired) electrons. The van der Waals surface area contributed by atoms with Crippen LogP contribution in [0, 0.1) is 10.1 Å². The predicted octanol–water partition coefficient (Wildman–Crippen LogP) is 0.888. The molecule has 18 heavy (non-hydrogen) atoms. The number of nitrogens with zero attached hydrogens (tertiary/aromatic N) is 1. The van der Waals surface area contributed by atoms with E-state index < -0.39 is 16.7 Å². The number of ether oxygens (including phenoxy) is 2. The van der Waals surface area contributed by atoms with Crippen LogP contribution in [0.25, 0.3) is 0 Å². The van der Waals surface area contributed by atoms with Crippen molar-refractivity contribution in [3.63, 3.8) is 0 Å². The van der Waals surface area contributed by atoms with Crippen molar-refractivity contribution in [2.75, 3.05) is 14.2 Å². The fourth-order valence-corrected chi connectivity index (χ4v) is 1.35. The average molecular weight is 253 g/mol. The fourth-order valence-electron chi connectivity index (χ4n) is 1.35. The van der Waals surface area contributed by atoms with Crippen LogP contribution in [-0.4, -0.2) is 30.9 Å². The van der Waals surface area contributed by atoms with Crippen LogP contribution in [-0.2, 0) is 20.7 Å². The summed E-state index contributed by atoms with van der Waals surface area (Å²) in [4.78, 5) is 32.5. The van der Waals surface area contributed by atoms with E-state index in [2.05, 4.69) is 4.74 Å². The Labute approximate surface area is 102 Å². The molecule has 7 nitrogen and oxygen atoms in total. The number of carbonyl (C=O) groups excluding carboxylic acids is 2. The number of nitro benzene ring substituents is 1. The lowest BCUT2D eigenvalue weighted by Crippen LogP contribution is -2.18. The molecule has 0 aliphatic rings. The molecule has 0 aliphatic heterocycles. The van der Waals surface area contributed by atoms with Gasteiger partial charge in [-0.25, -0.2) is 4.79 Å². The van der Waals surface area contributed by atoms with E-state index in [0.717, 1.165) is 7.11 Å². The highest BCUT2D eigenvalue weighted by Crippen LogP contribution is 2.25. The van der Waals surface area contributed by atoms with E-state index in [1.807, 2.05) is 0 Å². The van der Waals surface area contributed by atoms with E-state index in [1.54, 1.807) is 0 Å². The number of hydrogen-bond donors (Lipinski definition) is 0. The predicted molar refractivity (Wildman–Crippen MR) is 60.4 cm³/mol. The second-order valence-electron chi connectivity index (χ2n) is 3.34. The molecule has 0 aliphatic carbocycles. The lowest BCUT2D eigenvalue weighted by molar-refractivity contribution is -0.385. The highest BCUT2D eigenvalue weighted by molar-refractivity contribution is 6.34. The number of esters is 1. The molecule has 0 amide bonds. The van der Waals surface area contributed by atoms with Crippen molar-refractivity contribution in [1.29, 1.82) is 0 Å². The van der Waals surface area contributed by atoms with E-state index in [9.17, 15) is 19.7 Å². The van der Waals surface area contributed by atoms with Crippen molar-refractivity contribution >= 4 is 17.4 Å². The Morgan fingerprint density at radius 2 is 2.00 bits per heavy atom. The van der Waals surface area contributed by atoms with Crippen molar-refractivity contribution in [2.45, 2.75) is 6.42 Å². The van der Waals surface area contributed by atoms with E-state index in [1.165, 1.54) is 25.3 Å². The molecular formula is C11H11NO6. The number of rotatable bonds is 5. The van der Waals surface area contributed by atoms with Crippen molar-refractivity contribution in [2.24, 2.45) is 0 Å². The third kappa shape index (κ3) is 3.03. The van der Waals surface area contributed by atoms with Gasteiger partial charge >= 0.3 is 5.97 Å². The summed E-state index contributed by atoms with van der Waals surface area (Å²) in [5.74, 6) is -1.57. The van der Waals surface area contributed by atoms with Crippen LogP contribution in [0.1, 0.15) is 5.56 Å². The summed E-state index contributed by atoms with van der Waals surface area (Å²) in [6.07, 6.45) is -0.382. The van der Waals surface area contributed by atoms with Crippen molar-refractivity contribution in [1.82, 2.24) is 0 Å². The smallest absolute Gasteiger partial charge is 0.374 e. The van der Waals surface area contributed by atoms with Crippen LogP contribution >= 0.6 is 0 Å². The summed E-state index contributed by atoms with van der Waals surface area (Å²) >= 11 is 0. The second kappa shape index (κ2) is 5.76. The Morgan fingerprint density at radius 3 is 2.50 bits per heavy atom. The molecular weight excluding hydrogens is 242 g/mol. The summed E-state index contributed by atoms with van der Waals surface area (Å²) in [6, 6.07) is 4.05. The summed E-state index contributed by atoms with van der Waals surface area (Å²) in [6.45, 7) is 0. The molecule has 0 unspecified atom stereocenters. The van der Waals surface area contributed by atoms with Crippen molar-refractivity contribution in [3.8, 4) is 5.75 Å². The van der Waals surface area contributed by atoms with Crippen LogP contribution in [0.4, 0.5) is 5.69 Å². The molecule has 0 heterocycles. The summed E-state index contributed by atoms with van der Waals surface area (Å²) < 4.78 is 9.10. The fraction of sp³-hybridized carbons (Fsp3) is 0.273. The number of nitro groups is 1. The SMILES string of the molecule is COC(=O)C(=O)Cc1ccc(OC)cc1[N+](=O)[O-]. The molecule has 0 saturated carbocycles. The van der Waals surface area contributed by atoms with E-state index >= 15 is 0 Å². The van der Waals surface area contributed by atoms with E-state index in [0.29, 0.717) is 5.75 Å². The molecule has 1 rings (SSSR count). The molecule has 96 valence electrons. The third-order valence-electron chi connectivity index (χ3n) is 2.25. The first kappa shape index (κ1) is 13.6. The monoisotopic (exact) mass is 253 g/mol. The number of carbonyl (C=O) groups is 2. The molecule has 0 aromatic heterocycles. The number of hydrogen-bond acceptors (Lipinski definition) is 6. The van der Waals surface area contributed by atoms with Crippen molar-refractivity contribution < 1.29 is 24.0 Å². The van der Waals surface area contributed by atoms with Crippen LogP contribution in [0.5, 0.6) is 5.75 Å². The first-order valence-corrected chi connectivity index (χ1v) is 4.92. The van der Waals surface area contributed by atoms with Gasteiger partial charge in [0, 0.05) is 12.0 Å². The molecule has 0 spiro atoms. The first-order valence-electron chi connectivity index (χ1n) is 4.92. The largest absolute Gasteiger partial charge is 0.497 e. The number of ketones is 1. The number of benzene rings is 1. The van der Waals surface area contributed by atoms with Gasteiger partial charge in [0.15, 0.2) is 0 Å². The van der Waals surface area contributed by atoms with Gasteiger partial charge in [0.1, 0.15) is 5.75 Å². The minimum absolute atomic E-state index is 0.135. The zero-order valence-corrected chi connectivity index (χ0v) is 9.84. The Kier molecular flexibility index (Phi) is 4.36. The number of Topliss-reactive ketones (excluding diaryl/α,β-unsaturated/α-hetero) is 1. The molecule has 0 fully saturated rings. The highest BCUT2D eigenvalue weighted by atomic mass is 16.6. The maximum Gasteiger partial charge on any atom is 0.374 e. The Hall–Kier alpha value is -2.44. The molecule has 7 heteroatoms. The maximum absolute atomic E-state index is 11.3. The van der Waals surface area contributed by atoms with Crippen LogP contribution in [0.15, 0.2) is 18.2 Å². The van der Waals surface area contributed by atoms with Gasteiger partial charge in [-0.05, 0) is 12.1 Å². The Bertz CT molecular complexity index is 496. The first-order chi connectivity index (χ1) is 8.49. The Balaban J connectivity index is 3.05. The summed E-state index contributed by atoms with van der Waals surface area (Å²) in [5, 5.41) is 10.8.